The van der Waals surface area contributed by atoms with Gasteiger partial charge in [-0.25, -0.2) is 0 Å². The largest absolute Gasteiger partial charge is 0.489 e. The molecule has 110 valence electrons. The molecule has 2 rings (SSSR count). The summed E-state index contributed by atoms with van der Waals surface area (Å²) >= 11 is 0. The minimum atomic E-state index is -0.295. The molecule has 0 bridgehead atoms. The van der Waals surface area contributed by atoms with Crippen LogP contribution >= 0.6 is 0 Å². The Kier molecular flexibility index (Phi) is 4.26. The first-order chi connectivity index (χ1) is 9.99. The van der Waals surface area contributed by atoms with Gasteiger partial charge in [0.1, 0.15) is 0 Å². The van der Waals surface area contributed by atoms with E-state index < -0.39 is 0 Å². The molecule has 0 amide bonds. The Balaban J connectivity index is 2.39. The maximum absolute atomic E-state index is 12.5. The standard InChI is InChI=1S/C17H18O4/c1-10-5-7-12(8-6-10)9-13-11(2)14(18)16(20-3)17(21-4)15(13)19/h5-8H,9H2,1-4H3. The molecule has 0 heterocycles. The van der Waals surface area contributed by atoms with Gasteiger partial charge in [0.2, 0.25) is 23.1 Å². The highest BCUT2D eigenvalue weighted by atomic mass is 16.5. The molecule has 1 aliphatic carbocycles. The van der Waals surface area contributed by atoms with Crippen LogP contribution in [0.25, 0.3) is 0 Å². The summed E-state index contributed by atoms with van der Waals surface area (Å²) < 4.78 is 10.1. The fourth-order valence-electron chi connectivity index (χ4n) is 2.31. The van der Waals surface area contributed by atoms with Crippen LogP contribution in [0, 0.1) is 6.92 Å². The van der Waals surface area contributed by atoms with Gasteiger partial charge in [0, 0.05) is 17.6 Å². The van der Waals surface area contributed by atoms with Crippen molar-refractivity contribution < 1.29 is 19.1 Å². The Morgan fingerprint density at radius 2 is 1.38 bits per heavy atom. The van der Waals surface area contributed by atoms with Crippen LogP contribution in [0.2, 0.25) is 0 Å². The first-order valence-electron chi connectivity index (χ1n) is 6.66. The zero-order valence-corrected chi connectivity index (χ0v) is 12.6. The molecule has 0 aromatic heterocycles. The number of ether oxygens (including phenoxy) is 2. The molecular formula is C17H18O4. The van der Waals surface area contributed by atoms with Gasteiger partial charge in [0.05, 0.1) is 14.2 Å². The molecule has 0 atom stereocenters. The van der Waals surface area contributed by atoms with E-state index in [1.54, 1.807) is 6.92 Å². The summed E-state index contributed by atoms with van der Waals surface area (Å²) in [6.07, 6.45) is 0.403. The SMILES string of the molecule is COC1=C(OC)C(=O)C(Cc2ccc(C)cc2)=C(C)C1=O. The number of Topliss-reactive ketones (excluding diaryl/α,β-unsaturated/α-hetero) is 2. The van der Waals surface area contributed by atoms with Crippen LogP contribution in [-0.2, 0) is 25.5 Å². The van der Waals surface area contributed by atoms with E-state index in [1.165, 1.54) is 14.2 Å². The molecule has 0 fully saturated rings. The van der Waals surface area contributed by atoms with Crippen molar-refractivity contribution in [3.8, 4) is 0 Å². The Morgan fingerprint density at radius 1 is 0.857 bits per heavy atom. The number of benzene rings is 1. The number of carbonyl (C=O) groups excluding carboxylic acids is 2. The summed E-state index contributed by atoms with van der Waals surface area (Å²) in [6.45, 7) is 3.65. The zero-order valence-electron chi connectivity index (χ0n) is 12.6. The summed E-state index contributed by atoms with van der Waals surface area (Å²) in [5.41, 5.74) is 3.00. The lowest BCUT2D eigenvalue weighted by Crippen LogP contribution is -2.25. The van der Waals surface area contributed by atoms with E-state index in [2.05, 4.69) is 0 Å². The molecule has 0 N–H and O–H groups in total. The average molecular weight is 286 g/mol. The highest BCUT2D eigenvalue weighted by Crippen LogP contribution is 2.27. The number of rotatable bonds is 4. The van der Waals surface area contributed by atoms with Crippen molar-refractivity contribution >= 4 is 11.6 Å². The third kappa shape index (κ3) is 2.75. The van der Waals surface area contributed by atoms with Gasteiger partial charge in [-0.2, -0.15) is 0 Å². The van der Waals surface area contributed by atoms with Gasteiger partial charge < -0.3 is 9.47 Å². The molecular weight excluding hydrogens is 268 g/mol. The lowest BCUT2D eigenvalue weighted by molar-refractivity contribution is -0.121. The number of aryl methyl sites for hydroxylation is 1. The van der Waals surface area contributed by atoms with E-state index in [-0.39, 0.29) is 23.1 Å². The smallest absolute Gasteiger partial charge is 0.228 e. The Bertz CT molecular complexity index is 648. The minimum absolute atomic E-state index is 0.0183. The maximum atomic E-state index is 12.5. The number of ketones is 2. The highest BCUT2D eigenvalue weighted by molar-refractivity contribution is 6.23. The summed E-state index contributed by atoms with van der Waals surface area (Å²) in [5, 5.41) is 0. The van der Waals surface area contributed by atoms with E-state index in [4.69, 9.17) is 9.47 Å². The number of hydrogen-bond acceptors (Lipinski definition) is 4. The van der Waals surface area contributed by atoms with Crippen LogP contribution in [-0.4, -0.2) is 25.8 Å². The van der Waals surface area contributed by atoms with Gasteiger partial charge in [-0.1, -0.05) is 29.8 Å². The second-order valence-corrected chi connectivity index (χ2v) is 4.99. The van der Waals surface area contributed by atoms with Crippen LogP contribution in [0.3, 0.4) is 0 Å². The zero-order chi connectivity index (χ0) is 15.6. The van der Waals surface area contributed by atoms with E-state index >= 15 is 0 Å². The highest BCUT2D eigenvalue weighted by Gasteiger charge is 2.34. The van der Waals surface area contributed by atoms with Gasteiger partial charge >= 0.3 is 0 Å². The van der Waals surface area contributed by atoms with Crippen LogP contribution in [0.1, 0.15) is 18.1 Å². The fraction of sp³-hybridized carbons (Fsp3) is 0.294. The van der Waals surface area contributed by atoms with Crippen molar-refractivity contribution in [2.45, 2.75) is 20.3 Å². The lowest BCUT2D eigenvalue weighted by atomic mass is 9.89. The quantitative estimate of drug-likeness (QED) is 0.798. The van der Waals surface area contributed by atoms with E-state index in [9.17, 15) is 9.59 Å². The molecule has 0 radical (unpaired) electrons. The summed E-state index contributed by atoms with van der Waals surface area (Å²) in [4.78, 5) is 24.7. The molecule has 4 heteroatoms. The maximum Gasteiger partial charge on any atom is 0.228 e. The Labute approximate surface area is 124 Å². The monoisotopic (exact) mass is 286 g/mol. The van der Waals surface area contributed by atoms with E-state index in [1.807, 2.05) is 31.2 Å². The predicted octanol–water partition coefficient (Wildman–Crippen LogP) is 2.51. The van der Waals surface area contributed by atoms with Gasteiger partial charge in [-0.15, -0.1) is 0 Å². The number of hydrogen-bond donors (Lipinski definition) is 0. The molecule has 0 saturated carbocycles. The Morgan fingerprint density at radius 3 is 1.90 bits per heavy atom. The molecule has 0 aliphatic heterocycles. The molecule has 1 aromatic rings. The Hall–Kier alpha value is -2.36. The molecule has 1 aromatic carbocycles. The van der Waals surface area contributed by atoms with Gasteiger partial charge in [0.15, 0.2) is 0 Å². The van der Waals surface area contributed by atoms with Crippen LogP contribution in [0.5, 0.6) is 0 Å². The summed E-state index contributed by atoms with van der Waals surface area (Å²) in [6, 6.07) is 7.87. The van der Waals surface area contributed by atoms with Crippen LogP contribution < -0.4 is 0 Å². The number of allylic oxidation sites excluding steroid dienone is 2. The number of methoxy groups -OCH3 is 2. The fourth-order valence-corrected chi connectivity index (χ4v) is 2.31. The van der Waals surface area contributed by atoms with Crippen molar-refractivity contribution in [2.24, 2.45) is 0 Å². The van der Waals surface area contributed by atoms with Crippen molar-refractivity contribution in [3.63, 3.8) is 0 Å². The predicted molar refractivity (Wildman–Crippen MR) is 78.6 cm³/mol. The topological polar surface area (TPSA) is 52.6 Å². The second kappa shape index (κ2) is 5.95. The lowest BCUT2D eigenvalue weighted by Gasteiger charge is -2.20. The molecule has 21 heavy (non-hydrogen) atoms. The van der Waals surface area contributed by atoms with Crippen molar-refractivity contribution in [1.82, 2.24) is 0 Å². The second-order valence-electron chi connectivity index (χ2n) is 4.99. The van der Waals surface area contributed by atoms with Crippen molar-refractivity contribution in [3.05, 3.63) is 58.1 Å². The first kappa shape index (κ1) is 15.0. The van der Waals surface area contributed by atoms with Gasteiger partial charge in [0.25, 0.3) is 0 Å². The summed E-state index contributed by atoms with van der Waals surface area (Å²) in [5.74, 6) is -0.619. The summed E-state index contributed by atoms with van der Waals surface area (Å²) in [7, 11) is 2.72. The third-order valence-corrected chi connectivity index (χ3v) is 3.60. The van der Waals surface area contributed by atoms with Crippen LogP contribution in [0.15, 0.2) is 46.9 Å². The normalized spacial score (nSPS) is 15.6. The van der Waals surface area contributed by atoms with E-state index in [0.717, 1.165) is 11.1 Å². The van der Waals surface area contributed by atoms with E-state index in [0.29, 0.717) is 17.6 Å². The molecule has 4 nitrogen and oxygen atoms in total. The third-order valence-electron chi connectivity index (χ3n) is 3.60. The molecule has 0 unspecified atom stereocenters. The first-order valence-corrected chi connectivity index (χ1v) is 6.66. The van der Waals surface area contributed by atoms with Crippen LogP contribution in [0.4, 0.5) is 0 Å². The van der Waals surface area contributed by atoms with Gasteiger partial charge in [-0.3, -0.25) is 9.59 Å². The van der Waals surface area contributed by atoms with Crippen molar-refractivity contribution in [1.29, 1.82) is 0 Å². The average Bonchev–Trinajstić information content (AvgIpc) is 2.49. The number of carbonyl (C=O) groups is 2. The molecule has 1 aliphatic rings. The van der Waals surface area contributed by atoms with Gasteiger partial charge in [-0.05, 0) is 19.4 Å². The molecule has 0 spiro atoms. The minimum Gasteiger partial charge on any atom is -0.489 e. The molecule has 0 saturated heterocycles. The van der Waals surface area contributed by atoms with Crippen molar-refractivity contribution in [2.75, 3.05) is 14.2 Å².